The molecule has 0 spiro atoms. The summed E-state index contributed by atoms with van der Waals surface area (Å²) in [6.07, 6.45) is 0. The monoisotopic (exact) mass is 330 g/mol. The average Bonchev–Trinajstić information content (AvgIpc) is 3.27. The minimum atomic E-state index is -3.47. The number of sulfone groups is 1. The summed E-state index contributed by atoms with van der Waals surface area (Å²) in [5, 5.41) is -0.560. The molecule has 1 fully saturated rings. The highest BCUT2D eigenvalue weighted by Gasteiger charge is 2.69. The van der Waals surface area contributed by atoms with Crippen LogP contribution < -0.4 is 11.5 Å². The lowest BCUT2D eigenvalue weighted by Crippen LogP contribution is -2.31. The normalized spacial score (nSPS) is 22.7. The van der Waals surface area contributed by atoms with Crippen LogP contribution in [0, 0.1) is 12.3 Å². The quantitative estimate of drug-likeness (QED) is 0.876. The summed E-state index contributed by atoms with van der Waals surface area (Å²) in [6, 6.07) is 16.6. The molecular weight excluding hydrogens is 308 g/mol. The highest BCUT2D eigenvalue weighted by Crippen LogP contribution is 2.62. The van der Waals surface area contributed by atoms with Crippen LogP contribution in [-0.2, 0) is 9.84 Å². The summed E-state index contributed by atoms with van der Waals surface area (Å²) >= 11 is 0. The molecular formula is C18H22N2O2S. The topological polar surface area (TPSA) is 86.2 Å². The molecule has 2 atom stereocenters. The number of hydrogen-bond acceptors (Lipinski definition) is 4. The smallest absolute Gasteiger partial charge is 0.182 e. The molecule has 122 valence electrons. The van der Waals surface area contributed by atoms with Gasteiger partial charge in [-0.15, -0.1) is 0 Å². The van der Waals surface area contributed by atoms with Gasteiger partial charge in [-0.2, -0.15) is 0 Å². The van der Waals surface area contributed by atoms with E-state index in [1.54, 1.807) is 12.1 Å². The molecule has 1 aliphatic rings. The maximum absolute atomic E-state index is 13.1. The summed E-state index contributed by atoms with van der Waals surface area (Å²) in [5.74, 6) is -0.148. The summed E-state index contributed by atoms with van der Waals surface area (Å²) in [7, 11) is -3.47. The molecule has 0 aliphatic heterocycles. The first kappa shape index (κ1) is 16.2. The molecule has 0 aromatic heterocycles. The Hall–Kier alpha value is -1.69. The van der Waals surface area contributed by atoms with Gasteiger partial charge in [0.2, 0.25) is 0 Å². The molecule has 2 aromatic rings. The van der Waals surface area contributed by atoms with Gasteiger partial charge in [0, 0.05) is 24.4 Å². The molecule has 23 heavy (non-hydrogen) atoms. The molecule has 0 bridgehead atoms. The second kappa shape index (κ2) is 5.74. The minimum Gasteiger partial charge on any atom is -0.330 e. The Morgan fingerprint density at radius 1 is 0.957 bits per heavy atom. The summed E-state index contributed by atoms with van der Waals surface area (Å²) in [4.78, 5) is 0.345. The van der Waals surface area contributed by atoms with E-state index < -0.39 is 20.5 Å². The number of aryl methyl sites for hydroxylation is 1. The fourth-order valence-corrected chi connectivity index (χ4v) is 6.03. The van der Waals surface area contributed by atoms with Crippen molar-refractivity contribution in [2.24, 2.45) is 16.9 Å². The number of benzene rings is 2. The van der Waals surface area contributed by atoms with Crippen molar-refractivity contribution in [2.45, 2.75) is 23.0 Å². The SMILES string of the molecule is Cc1ccc(S(=O)(=O)C2C(c3ccccc3)C2(CN)CN)cc1. The van der Waals surface area contributed by atoms with E-state index in [9.17, 15) is 8.42 Å². The number of hydrogen-bond donors (Lipinski definition) is 2. The molecule has 2 unspecified atom stereocenters. The summed E-state index contributed by atoms with van der Waals surface area (Å²) in [6.45, 7) is 2.46. The lowest BCUT2D eigenvalue weighted by Gasteiger charge is -2.13. The van der Waals surface area contributed by atoms with Gasteiger partial charge >= 0.3 is 0 Å². The molecule has 0 heterocycles. The highest BCUT2D eigenvalue weighted by atomic mass is 32.2. The fraction of sp³-hybridized carbons (Fsp3) is 0.333. The number of nitrogens with two attached hydrogens (primary N) is 2. The molecule has 0 amide bonds. The van der Waals surface area contributed by atoms with Crippen molar-refractivity contribution in [1.29, 1.82) is 0 Å². The molecule has 4 nitrogen and oxygen atoms in total. The van der Waals surface area contributed by atoms with Crippen LogP contribution in [0.15, 0.2) is 59.5 Å². The fourth-order valence-electron chi connectivity index (χ4n) is 3.55. The van der Waals surface area contributed by atoms with E-state index >= 15 is 0 Å². The summed E-state index contributed by atoms with van der Waals surface area (Å²) < 4.78 is 26.2. The van der Waals surface area contributed by atoms with Gasteiger partial charge in [-0.25, -0.2) is 8.42 Å². The lowest BCUT2D eigenvalue weighted by molar-refractivity contribution is 0.510. The second-order valence-electron chi connectivity index (χ2n) is 6.31. The van der Waals surface area contributed by atoms with Gasteiger partial charge < -0.3 is 11.5 Å². The van der Waals surface area contributed by atoms with Crippen molar-refractivity contribution in [3.8, 4) is 0 Å². The lowest BCUT2D eigenvalue weighted by atomic mass is 9.99. The maximum atomic E-state index is 13.1. The van der Waals surface area contributed by atoms with Crippen molar-refractivity contribution in [3.05, 3.63) is 65.7 Å². The van der Waals surface area contributed by atoms with Gasteiger partial charge in [-0.05, 0) is 24.6 Å². The van der Waals surface area contributed by atoms with Gasteiger partial charge in [0.1, 0.15) is 0 Å². The van der Waals surface area contributed by atoms with Crippen LogP contribution in [0.3, 0.4) is 0 Å². The largest absolute Gasteiger partial charge is 0.330 e. The van der Waals surface area contributed by atoms with Crippen molar-refractivity contribution in [2.75, 3.05) is 13.1 Å². The van der Waals surface area contributed by atoms with Crippen LogP contribution in [0.5, 0.6) is 0 Å². The third-order valence-corrected chi connectivity index (χ3v) is 7.32. The van der Waals surface area contributed by atoms with Gasteiger partial charge in [0.05, 0.1) is 10.1 Å². The van der Waals surface area contributed by atoms with Crippen molar-refractivity contribution in [1.82, 2.24) is 0 Å². The second-order valence-corrected chi connectivity index (χ2v) is 8.38. The first-order chi connectivity index (χ1) is 11.0. The molecule has 3 rings (SSSR count). The predicted molar refractivity (Wildman–Crippen MR) is 91.9 cm³/mol. The van der Waals surface area contributed by atoms with E-state index in [4.69, 9.17) is 11.5 Å². The standard InChI is InChI=1S/C18H22N2O2S/c1-13-7-9-15(10-8-13)23(21,22)17-16(18(17,11-19)12-20)14-5-3-2-4-6-14/h2-10,16-17H,11-12,19-20H2,1H3. The zero-order valence-corrected chi connectivity index (χ0v) is 14.0. The minimum absolute atomic E-state index is 0.148. The Morgan fingerprint density at radius 3 is 2.04 bits per heavy atom. The highest BCUT2D eigenvalue weighted by molar-refractivity contribution is 7.92. The zero-order chi connectivity index (χ0) is 16.7. The van der Waals surface area contributed by atoms with E-state index in [1.165, 1.54) is 0 Å². The maximum Gasteiger partial charge on any atom is 0.182 e. The van der Waals surface area contributed by atoms with Gasteiger partial charge in [-0.3, -0.25) is 0 Å². The van der Waals surface area contributed by atoms with Crippen LogP contribution >= 0.6 is 0 Å². The van der Waals surface area contributed by atoms with Crippen molar-refractivity contribution in [3.63, 3.8) is 0 Å². The Balaban J connectivity index is 2.05. The molecule has 1 saturated carbocycles. The van der Waals surface area contributed by atoms with Crippen LogP contribution in [0.25, 0.3) is 0 Å². The molecule has 2 aromatic carbocycles. The molecule has 0 radical (unpaired) electrons. The molecule has 1 aliphatic carbocycles. The van der Waals surface area contributed by atoms with E-state index in [2.05, 4.69) is 0 Å². The van der Waals surface area contributed by atoms with Gasteiger partial charge in [-0.1, -0.05) is 48.0 Å². The van der Waals surface area contributed by atoms with Crippen molar-refractivity contribution >= 4 is 9.84 Å². The molecule has 5 heteroatoms. The van der Waals surface area contributed by atoms with E-state index in [1.807, 2.05) is 49.4 Å². The van der Waals surface area contributed by atoms with Crippen molar-refractivity contribution < 1.29 is 8.42 Å². The van der Waals surface area contributed by atoms with E-state index in [0.717, 1.165) is 11.1 Å². The Labute approximate surface area is 137 Å². The predicted octanol–water partition coefficient (Wildman–Crippen LogP) is 1.84. The van der Waals surface area contributed by atoms with Crippen LogP contribution in [-0.4, -0.2) is 26.8 Å². The van der Waals surface area contributed by atoms with Crippen LogP contribution in [0.4, 0.5) is 0 Å². The molecule has 0 saturated heterocycles. The average molecular weight is 330 g/mol. The van der Waals surface area contributed by atoms with E-state index in [-0.39, 0.29) is 19.0 Å². The Bertz CT molecular complexity index is 782. The molecule has 4 N–H and O–H groups in total. The van der Waals surface area contributed by atoms with Crippen LogP contribution in [0.1, 0.15) is 17.0 Å². The first-order valence-corrected chi connectivity index (χ1v) is 9.27. The number of rotatable bonds is 5. The third kappa shape index (κ3) is 2.49. The van der Waals surface area contributed by atoms with Crippen LogP contribution in [0.2, 0.25) is 0 Å². The summed E-state index contributed by atoms with van der Waals surface area (Å²) in [5.41, 5.74) is 13.3. The van der Waals surface area contributed by atoms with E-state index in [0.29, 0.717) is 4.90 Å². The first-order valence-electron chi connectivity index (χ1n) is 7.73. The van der Waals surface area contributed by atoms with Gasteiger partial charge in [0.15, 0.2) is 9.84 Å². The van der Waals surface area contributed by atoms with Gasteiger partial charge in [0.25, 0.3) is 0 Å². The third-order valence-electron chi connectivity index (χ3n) is 4.98. The Morgan fingerprint density at radius 2 is 1.52 bits per heavy atom. The Kier molecular flexibility index (Phi) is 4.04. The zero-order valence-electron chi connectivity index (χ0n) is 13.1.